The fourth-order valence-corrected chi connectivity index (χ4v) is 1.48. The minimum Gasteiger partial charge on any atom is -0.486 e. The Labute approximate surface area is 117 Å². The summed E-state index contributed by atoms with van der Waals surface area (Å²) in [7, 11) is 0. The van der Waals surface area contributed by atoms with Gasteiger partial charge in [-0.2, -0.15) is 13.2 Å². The van der Waals surface area contributed by atoms with E-state index in [9.17, 15) is 23.3 Å². The first-order valence-electron chi connectivity index (χ1n) is 5.58. The van der Waals surface area contributed by atoms with Crippen molar-refractivity contribution in [3.63, 3.8) is 0 Å². The molecule has 10 heteroatoms. The van der Waals surface area contributed by atoms with Crippen LogP contribution in [-0.2, 0) is 0 Å². The maximum absolute atomic E-state index is 12.7. The van der Waals surface area contributed by atoms with Gasteiger partial charge in [-0.25, -0.2) is 0 Å². The van der Waals surface area contributed by atoms with Gasteiger partial charge in [0.15, 0.2) is 11.6 Å². The number of nitrogens with zero attached hydrogens (tertiary/aromatic N) is 2. The number of rotatable bonds is 5. The summed E-state index contributed by atoms with van der Waals surface area (Å²) in [5, 5.41) is 21.4. The molecule has 0 aliphatic carbocycles. The molecule has 116 valence electrons. The molecule has 0 amide bonds. The quantitative estimate of drug-likeness (QED) is 0.285. The van der Waals surface area contributed by atoms with Gasteiger partial charge in [0.25, 0.3) is 0 Å². The summed E-state index contributed by atoms with van der Waals surface area (Å²) in [6, 6.07) is 3.78. The van der Waals surface area contributed by atoms with Gasteiger partial charge < -0.3 is 15.7 Å². The van der Waals surface area contributed by atoms with Gasteiger partial charge in [-0.05, 0) is 18.6 Å². The smallest absolute Gasteiger partial charge is 0.402 e. The number of halogens is 3. The molecule has 1 unspecified atom stereocenters. The van der Waals surface area contributed by atoms with Crippen LogP contribution in [0, 0.1) is 23.0 Å². The zero-order valence-electron chi connectivity index (χ0n) is 10.8. The number of nitro benzene ring substituents is 1. The number of hydrogen-bond donors (Lipinski definition) is 2. The second-order valence-corrected chi connectivity index (χ2v) is 4.16. The van der Waals surface area contributed by atoms with Gasteiger partial charge in [0.1, 0.15) is 12.5 Å². The lowest BCUT2D eigenvalue weighted by Gasteiger charge is -2.19. The van der Waals surface area contributed by atoms with Crippen molar-refractivity contribution in [1.82, 2.24) is 0 Å². The third-order valence-electron chi connectivity index (χ3n) is 2.59. The van der Waals surface area contributed by atoms with Crippen molar-refractivity contribution in [3.8, 4) is 5.75 Å². The number of nitrogens with two attached hydrogens (primary N) is 1. The summed E-state index contributed by atoms with van der Waals surface area (Å²) >= 11 is 0. The van der Waals surface area contributed by atoms with Gasteiger partial charge in [0.2, 0.25) is 0 Å². The standard InChI is InChI=1S/C11H12F3N3O4/c1-6-2-3-8(17(19)20)9(4-6)21-5-7(10(15)16-18)11(12,13)14/h2-4,7,18H,5H2,1H3,(H2,15,16). The van der Waals surface area contributed by atoms with Crippen molar-refractivity contribution in [3.05, 3.63) is 33.9 Å². The molecule has 0 saturated carbocycles. The SMILES string of the molecule is Cc1ccc([N+](=O)[O-])c(OCC(/C(N)=N/O)C(F)(F)F)c1. The molecule has 0 aliphatic rings. The van der Waals surface area contributed by atoms with Gasteiger partial charge in [-0.15, -0.1) is 0 Å². The van der Waals surface area contributed by atoms with Crippen LogP contribution in [0.1, 0.15) is 5.56 Å². The summed E-state index contributed by atoms with van der Waals surface area (Å²) in [5.41, 5.74) is 5.06. The lowest BCUT2D eigenvalue weighted by Crippen LogP contribution is -2.40. The monoisotopic (exact) mass is 307 g/mol. The highest BCUT2D eigenvalue weighted by Gasteiger charge is 2.43. The van der Waals surface area contributed by atoms with Crippen molar-refractivity contribution in [1.29, 1.82) is 0 Å². The number of amidine groups is 1. The Kier molecular flexibility index (Phi) is 4.95. The molecule has 0 bridgehead atoms. The summed E-state index contributed by atoms with van der Waals surface area (Å²) in [6.45, 7) is 0.561. The van der Waals surface area contributed by atoms with Crippen LogP contribution in [0.3, 0.4) is 0 Å². The van der Waals surface area contributed by atoms with Crippen LogP contribution < -0.4 is 10.5 Å². The summed E-state index contributed by atoms with van der Waals surface area (Å²) < 4.78 is 43.0. The first-order valence-corrected chi connectivity index (χ1v) is 5.58. The Balaban J connectivity index is 3.01. The van der Waals surface area contributed by atoms with Gasteiger partial charge in [-0.1, -0.05) is 11.2 Å². The van der Waals surface area contributed by atoms with Crippen molar-refractivity contribution in [2.45, 2.75) is 13.1 Å². The zero-order valence-corrected chi connectivity index (χ0v) is 10.8. The first kappa shape index (κ1) is 16.5. The fraction of sp³-hybridized carbons (Fsp3) is 0.364. The molecule has 0 saturated heterocycles. The van der Waals surface area contributed by atoms with Crippen molar-refractivity contribution in [2.24, 2.45) is 16.8 Å². The van der Waals surface area contributed by atoms with Gasteiger partial charge in [-0.3, -0.25) is 10.1 Å². The van der Waals surface area contributed by atoms with E-state index < -0.39 is 35.1 Å². The number of aryl methyl sites for hydroxylation is 1. The Morgan fingerprint density at radius 2 is 2.19 bits per heavy atom. The van der Waals surface area contributed by atoms with Crippen LogP contribution in [0.2, 0.25) is 0 Å². The molecule has 0 fully saturated rings. The maximum atomic E-state index is 12.7. The fourth-order valence-electron chi connectivity index (χ4n) is 1.48. The molecular weight excluding hydrogens is 295 g/mol. The highest BCUT2D eigenvalue weighted by Crippen LogP contribution is 2.31. The highest BCUT2D eigenvalue weighted by atomic mass is 19.4. The van der Waals surface area contributed by atoms with Crippen LogP contribution in [-0.4, -0.2) is 28.7 Å². The Bertz CT molecular complexity index is 560. The third kappa shape index (κ3) is 4.23. The van der Waals surface area contributed by atoms with E-state index >= 15 is 0 Å². The summed E-state index contributed by atoms with van der Waals surface area (Å²) in [4.78, 5) is 10.0. The molecule has 0 aliphatic heterocycles. The molecule has 0 radical (unpaired) electrons. The summed E-state index contributed by atoms with van der Waals surface area (Å²) in [5.74, 6) is -3.78. The molecule has 7 nitrogen and oxygen atoms in total. The van der Waals surface area contributed by atoms with E-state index in [1.807, 2.05) is 0 Å². The number of alkyl halides is 3. The van der Waals surface area contributed by atoms with Crippen LogP contribution >= 0.6 is 0 Å². The van der Waals surface area contributed by atoms with E-state index in [2.05, 4.69) is 5.16 Å². The predicted octanol–water partition coefficient (Wildman–Crippen LogP) is 2.21. The molecule has 1 rings (SSSR count). The Hall–Kier alpha value is -2.52. The molecule has 1 atom stereocenters. The van der Waals surface area contributed by atoms with Gasteiger partial charge in [0.05, 0.1) is 4.92 Å². The second kappa shape index (κ2) is 6.29. The molecule has 0 aromatic heterocycles. The van der Waals surface area contributed by atoms with Crippen molar-refractivity contribution in [2.75, 3.05) is 6.61 Å². The molecular formula is C11H12F3N3O4. The molecule has 21 heavy (non-hydrogen) atoms. The zero-order chi connectivity index (χ0) is 16.2. The molecule has 0 heterocycles. The number of benzene rings is 1. The largest absolute Gasteiger partial charge is 0.486 e. The van der Waals surface area contributed by atoms with E-state index in [1.165, 1.54) is 12.1 Å². The minimum atomic E-state index is -4.81. The number of nitro groups is 1. The summed E-state index contributed by atoms with van der Waals surface area (Å²) in [6.07, 6.45) is -4.81. The lowest BCUT2D eigenvalue weighted by atomic mass is 10.1. The number of oxime groups is 1. The van der Waals surface area contributed by atoms with Crippen LogP contribution in [0.4, 0.5) is 18.9 Å². The predicted molar refractivity (Wildman–Crippen MR) is 66.3 cm³/mol. The van der Waals surface area contributed by atoms with E-state index in [-0.39, 0.29) is 5.75 Å². The average Bonchev–Trinajstić information content (AvgIpc) is 2.36. The Morgan fingerprint density at radius 1 is 1.57 bits per heavy atom. The van der Waals surface area contributed by atoms with E-state index in [0.29, 0.717) is 5.56 Å². The number of ether oxygens (including phenoxy) is 1. The molecule has 1 aromatic carbocycles. The molecule has 1 aromatic rings. The van der Waals surface area contributed by atoms with E-state index in [0.717, 1.165) is 6.07 Å². The van der Waals surface area contributed by atoms with Gasteiger partial charge >= 0.3 is 11.9 Å². The minimum absolute atomic E-state index is 0.319. The highest BCUT2D eigenvalue weighted by molar-refractivity contribution is 5.83. The van der Waals surface area contributed by atoms with Crippen LogP contribution in [0.15, 0.2) is 23.4 Å². The third-order valence-corrected chi connectivity index (χ3v) is 2.59. The topological polar surface area (TPSA) is 111 Å². The molecule has 0 spiro atoms. The van der Waals surface area contributed by atoms with E-state index in [4.69, 9.17) is 15.7 Å². The maximum Gasteiger partial charge on any atom is 0.402 e. The van der Waals surface area contributed by atoms with Crippen LogP contribution in [0.5, 0.6) is 5.75 Å². The van der Waals surface area contributed by atoms with Crippen LogP contribution in [0.25, 0.3) is 0 Å². The lowest BCUT2D eigenvalue weighted by molar-refractivity contribution is -0.386. The van der Waals surface area contributed by atoms with Crippen molar-refractivity contribution >= 4 is 11.5 Å². The van der Waals surface area contributed by atoms with Gasteiger partial charge in [0, 0.05) is 6.07 Å². The van der Waals surface area contributed by atoms with E-state index in [1.54, 1.807) is 6.92 Å². The molecule has 3 N–H and O–H groups in total. The normalized spacial score (nSPS) is 13.8. The average molecular weight is 307 g/mol. The Morgan fingerprint density at radius 3 is 2.67 bits per heavy atom. The number of hydrogen-bond acceptors (Lipinski definition) is 5. The van der Waals surface area contributed by atoms with Crippen molar-refractivity contribution < 1.29 is 28.0 Å². The second-order valence-electron chi connectivity index (χ2n) is 4.16. The first-order chi connectivity index (χ1) is 9.66.